The van der Waals surface area contributed by atoms with Crippen molar-refractivity contribution in [1.82, 2.24) is 0 Å². The third kappa shape index (κ3) is 5.36. The van der Waals surface area contributed by atoms with Gasteiger partial charge >= 0.3 is 5.97 Å². The lowest BCUT2D eigenvalue weighted by molar-refractivity contribution is -0.137. The molecule has 2 heteroatoms. The number of hydrogen-bond acceptors (Lipinski definition) is 1. The first-order valence-corrected chi connectivity index (χ1v) is 8.13. The van der Waals surface area contributed by atoms with Gasteiger partial charge in [0.25, 0.3) is 0 Å². The molecular formula is C20H24O2. The molecule has 2 rings (SSSR count). The van der Waals surface area contributed by atoms with Crippen molar-refractivity contribution < 1.29 is 9.90 Å². The second-order valence-corrected chi connectivity index (χ2v) is 5.67. The Morgan fingerprint density at radius 3 is 2.50 bits per heavy atom. The molecule has 0 heterocycles. The minimum absolute atomic E-state index is 0.307. The van der Waals surface area contributed by atoms with Gasteiger partial charge in [-0.2, -0.15) is 0 Å². The van der Waals surface area contributed by atoms with Gasteiger partial charge in [0.15, 0.2) is 0 Å². The molecule has 22 heavy (non-hydrogen) atoms. The van der Waals surface area contributed by atoms with Crippen molar-refractivity contribution in [3.63, 3.8) is 0 Å². The molecule has 0 amide bonds. The van der Waals surface area contributed by atoms with Gasteiger partial charge in [-0.15, -0.1) is 0 Å². The highest BCUT2D eigenvalue weighted by Crippen LogP contribution is 2.20. The molecule has 0 saturated heterocycles. The second-order valence-electron chi connectivity index (χ2n) is 5.67. The molecule has 0 aliphatic rings. The molecule has 0 aliphatic carbocycles. The fourth-order valence-corrected chi connectivity index (χ4v) is 2.67. The van der Waals surface area contributed by atoms with E-state index in [2.05, 4.69) is 54.6 Å². The Morgan fingerprint density at radius 1 is 0.909 bits per heavy atom. The Morgan fingerprint density at radius 2 is 1.64 bits per heavy atom. The molecule has 0 saturated carbocycles. The summed E-state index contributed by atoms with van der Waals surface area (Å²) < 4.78 is 0. The summed E-state index contributed by atoms with van der Waals surface area (Å²) in [4.78, 5) is 10.4. The minimum atomic E-state index is -0.682. The van der Waals surface area contributed by atoms with Crippen LogP contribution >= 0.6 is 0 Å². The van der Waals surface area contributed by atoms with Crippen LogP contribution in [0, 0.1) is 0 Å². The summed E-state index contributed by atoms with van der Waals surface area (Å²) in [6.45, 7) is 0. The first-order valence-electron chi connectivity index (χ1n) is 8.13. The van der Waals surface area contributed by atoms with Gasteiger partial charge < -0.3 is 5.11 Å². The van der Waals surface area contributed by atoms with Crippen molar-refractivity contribution in [1.29, 1.82) is 0 Å². The number of rotatable bonds is 9. The van der Waals surface area contributed by atoms with Gasteiger partial charge in [-0.05, 0) is 35.6 Å². The van der Waals surface area contributed by atoms with Crippen LogP contribution in [0.4, 0.5) is 0 Å². The van der Waals surface area contributed by atoms with Crippen molar-refractivity contribution in [3.05, 3.63) is 54.1 Å². The number of fused-ring (bicyclic) bond motifs is 1. The van der Waals surface area contributed by atoms with E-state index in [-0.39, 0.29) is 0 Å². The number of unbranched alkanes of at least 4 members (excludes halogenated alkanes) is 5. The number of benzene rings is 2. The molecule has 116 valence electrons. The number of allylic oxidation sites excluding steroid dienone is 1. The average Bonchev–Trinajstić information content (AvgIpc) is 2.53. The Kier molecular flexibility index (Phi) is 6.69. The van der Waals surface area contributed by atoms with E-state index < -0.39 is 5.97 Å². The molecule has 0 aromatic heterocycles. The van der Waals surface area contributed by atoms with Crippen LogP contribution in [0.2, 0.25) is 0 Å². The van der Waals surface area contributed by atoms with Gasteiger partial charge in [-0.25, -0.2) is 0 Å². The highest BCUT2D eigenvalue weighted by atomic mass is 16.4. The third-order valence-corrected chi connectivity index (χ3v) is 3.88. The Hall–Kier alpha value is -2.09. The molecule has 0 unspecified atom stereocenters. The lowest BCUT2D eigenvalue weighted by Gasteiger charge is -2.02. The SMILES string of the molecule is O=C(O)CCCCCCCC=Cc1cccc2ccccc12. The summed E-state index contributed by atoms with van der Waals surface area (Å²) in [7, 11) is 0. The van der Waals surface area contributed by atoms with Gasteiger partial charge in [0, 0.05) is 6.42 Å². The number of carbonyl (C=O) groups is 1. The van der Waals surface area contributed by atoms with Crippen LogP contribution in [0.3, 0.4) is 0 Å². The summed E-state index contributed by atoms with van der Waals surface area (Å²) in [6, 6.07) is 14.9. The number of aliphatic carboxylic acids is 1. The van der Waals surface area contributed by atoms with Gasteiger partial charge in [-0.1, -0.05) is 73.9 Å². The molecule has 0 radical (unpaired) electrons. The molecule has 2 nitrogen and oxygen atoms in total. The fourth-order valence-electron chi connectivity index (χ4n) is 2.67. The quantitative estimate of drug-likeness (QED) is 0.605. The van der Waals surface area contributed by atoms with E-state index in [1.807, 2.05) is 0 Å². The molecule has 0 atom stereocenters. The monoisotopic (exact) mass is 296 g/mol. The van der Waals surface area contributed by atoms with Crippen LogP contribution in [0.25, 0.3) is 16.8 Å². The normalized spacial score (nSPS) is 11.3. The second kappa shape index (κ2) is 9.04. The largest absolute Gasteiger partial charge is 0.481 e. The summed E-state index contributed by atoms with van der Waals surface area (Å²) in [5.41, 5.74) is 1.28. The van der Waals surface area contributed by atoms with Crippen LogP contribution < -0.4 is 0 Å². The van der Waals surface area contributed by atoms with E-state index >= 15 is 0 Å². The van der Waals surface area contributed by atoms with Gasteiger partial charge in [0.05, 0.1) is 0 Å². The van der Waals surface area contributed by atoms with E-state index in [9.17, 15) is 4.79 Å². The molecule has 1 N–H and O–H groups in total. The van der Waals surface area contributed by atoms with Crippen LogP contribution in [0.15, 0.2) is 48.5 Å². The summed E-state index contributed by atoms with van der Waals surface area (Å²) in [5.74, 6) is -0.682. The topological polar surface area (TPSA) is 37.3 Å². The maximum atomic E-state index is 10.4. The molecular weight excluding hydrogens is 272 g/mol. The van der Waals surface area contributed by atoms with Gasteiger partial charge in [0.2, 0.25) is 0 Å². The van der Waals surface area contributed by atoms with E-state index in [0.717, 1.165) is 25.7 Å². The molecule has 0 aliphatic heterocycles. The van der Waals surface area contributed by atoms with Crippen molar-refractivity contribution in [2.45, 2.75) is 44.9 Å². The first-order chi connectivity index (χ1) is 10.8. The predicted molar refractivity (Wildman–Crippen MR) is 92.9 cm³/mol. The smallest absolute Gasteiger partial charge is 0.303 e. The molecule has 0 spiro atoms. The van der Waals surface area contributed by atoms with E-state index in [1.165, 1.54) is 29.2 Å². The standard InChI is InChI=1S/C20H24O2/c21-20(22)16-7-5-3-1-2-4-6-11-17-13-10-14-18-12-8-9-15-19(17)18/h6,8-15H,1-5,7,16H2,(H,21,22). The van der Waals surface area contributed by atoms with Crippen LogP contribution in [0.5, 0.6) is 0 Å². The number of carboxylic acid groups (broad SMARTS) is 1. The van der Waals surface area contributed by atoms with Crippen LogP contribution in [0.1, 0.15) is 50.5 Å². The molecule has 2 aromatic rings. The van der Waals surface area contributed by atoms with Gasteiger partial charge in [0.1, 0.15) is 0 Å². The first kappa shape index (κ1) is 16.3. The predicted octanol–water partition coefficient (Wildman–Crippen LogP) is 5.67. The van der Waals surface area contributed by atoms with Crippen LogP contribution in [-0.4, -0.2) is 11.1 Å². The van der Waals surface area contributed by atoms with Crippen molar-refractivity contribution in [3.8, 4) is 0 Å². The zero-order valence-corrected chi connectivity index (χ0v) is 13.0. The number of carboxylic acids is 1. The summed E-state index contributed by atoms with van der Waals surface area (Å²) in [5, 5.41) is 11.1. The Balaban J connectivity index is 1.70. The molecule has 0 bridgehead atoms. The molecule has 0 fully saturated rings. The van der Waals surface area contributed by atoms with Crippen LogP contribution in [-0.2, 0) is 4.79 Å². The van der Waals surface area contributed by atoms with Gasteiger partial charge in [-0.3, -0.25) is 4.79 Å². The Labute approximate surface area is 132 Å². The fraction of sp³-hybridized carbons (Fsp3) is 0.350. The zero-order valence-electron chi connectivity index (χ0n) is 13.0. The average molecular weight is 296 g/mol. The zero-order chi connectivity index (χ0) is 15.6. The minimum Gasteiger partial charge on any atom is -0.481 e. The summed E-state index contributed by atoms with van der Waals surface area (Å²) in [6.07, 6.45) is 11.2. The highest BCUT2D eigenvalue weighted by molar-refractivity contribution is 5.90. The lowest BCUT2D eigenvalue weighted by atomic mass is 10.0. The summed E-state index contributed by atoms with van der Waals surface area (Å²) >= 11 is 0. The van der Waals surface area contributed by atoms with Crippen molar-refractivity contribution in [2.24, 2.45) is 0 Å². The van der Waals surface area contributed by atoms with Crippen molar-refractivity contribution >= 4 is 22.8 Å². The van der Waals surface area contributed by atoms with E-state index in [1.54, 1.807) is 0 Å². The van der Waals surface area contributed by atoms with E-state index in [4.69, 9.17) is 5.11 Å². The number of hydrogen-bond donors (Lipinski definition) is 1. The third-order valence-electron chi connectivity index (χ3n) is 3.88. The molecule has 2 aromatic carbocycles. The Bertz CT molecular complexity index is 623. The van der Waals surface area contributed by atoms with E-state index in [0.29, 0.717) is 6.42 Å². The maximum absolute atomic E-state index is 10.4. The maximum Gasteiger partial charge on any atom is 0.303 e. The highest BCUT2D eigenvalue weighted by Gasteiger charge is 1.97. The van der Waals surface area contributed by atoms with Crippen molar-refractivity contribution in [2.75, 3.05) is 0 Å². The lowest BCUT2D eigenvalue weighted by Crippen LogP contribution is -1.93.